The fourth-order valence-electron chi connectivity index (χ4n) is 2.63. The third-order valence-corrected chi connectivity index (χ3v) is 3.17. The van der Waals surface area contributed by atoms with E-state index < -0.39 is 18.2 Å². The van der Waals surface area contributed by atoms with Gasteiger partial charge < -0.3 is 5.11 Å². The molecule has 2 saturated carbocycles. The molecule has 0 aromatic rings. The third kappa shape index (κ3) is 1.13. The Morgan fingerprint density at radius 2 is 1.75 bits per heavy atom. The first-order chi connectivity index (χ1) is 5.43. The molecule has 0 saturated heterocycles. The monoisotopic (exact) mass is 180 g/mol. The molecule has 1 nitrogen and oxygen atoms in total. The summed E-state index contributed by atoms with van der Waals surface area (Å²) in [6.07, 6.45) is -2.68. The van der Waals surface area contributed by atoms with Gasteiger partial charge in [0.25, 0.3) is 0 Å². The molecule has 0 spiro atoms. The number of rotatable bonds is 1. The molecule has 2 aliphatic rings. The minimum atomic E-state index is -4.21. The average molecular weight is 180 g/mol. The molecule has 0 unspecified atom stereocenters. The second kappa shape index (κ2) is 2.16. The maximum Gasteiger partial charge on any atom is 0.391 e. The molecule has 0 aliphatic heterocycles. The van der Waals surface area contributed by atoms with Gasteiger partial charge in [-0.15, -0.1) is 0 Å². The van der Waals surface area contributed by atoms with Gasteiger partial charge in [0.05, 0.1) is 12.0 Å². The number of alkyl halides is 3. The van der Waals surface area contributed by atoms with E-state index in [4.69, 9.17) is 0 Å². The van der Waals surface area contributed by atoms with Crippen molar-refractivity contribution in [3.8, 4) is 0 Å². The van der Waals surface area contributed by atoms with E-state index in [0.29, 0.717) is 0 Å². The van der Waals surface area contributed by atoms with Crippen molar-refractivity contribution in [2.45, 2.75) is 37.5 Å². The van der Waals surface area contributed by atoms with Crippen molar-refractivity contribution in [2.24, 2.45) is 11.8 Å². The van der Waals surface area contributed by atoms with Gasteiger partial charge in [-0.05, 0) is 24.7 Å². The minimum Gasteiger partial charge on any atom is -0.389 e. The molecule has 0 heterocycles. The summed E-state index contributed by atoms with van der Waals surface area (Å²) in [7, 11) is 0. The largest absolute Gasteiger partial charge is 0.391 e. The van der Waals surface area contributed by atoms with E-state index in [9.17, 15) is 18.3 Å². The van der Waals surface area contributed by atoms with Gasteiger partial charge >= 0.3 is 6.18 Å². The maximum absolute atomic E-state index is 11.9. The van der Waals surface area contributed by atoms with Crippen LogP contribution >= 0.6 is 0 Å². The van der Waals surface area contributed by atoms with Gasteiger partial charge in [0.1, 0.15) is 0 Å². The van der Waals surface area contributed by atoms with Crippen LogP contribution in [-0.2, 0) is 0 Å². The van der Waals surface area contributed by atoms with E-state index in [-0.39, 0.29) is 11.8 Å². The molecule has 2 rings (SSSR count). The Balaban J connectivity index is 1.98. The lowest BCUT2D eigenvalue weighted by Crippen LogP contribution is -2.25. The van der Waals surface area contributed by atoms with Crippen molar-refractivity contribution < 1.29 is 18.3 Å². The van der Waals surface area contributed by atoms with Crippen LogP contribution in [0.25, 0.3) is 0 Å². The zero-order valence-electron chi connectivity index (χ0n) is 6.56. The molecule has 2 atom stereocenters. The minimum absolute atomic E-state index is 0.0564. The smallest absolute Gasteiger partial charge is 0.389 e. The molecule has 0 aromatic carbocycles. The Bertz CT molecular complexity index is 189. The summed E-state index contributed by atoms with van der Waals surface area (Å²) >= 11 is 0. The number of hydrogen-bond acceptors (Lipinski definition) is 1. The Morgan fingerprint density at radius 3 is 2.17 bits per heavy atom. The number of halogens is 3. The Morgan fingerprint density at radius 1 is 1.25 bits per heavy atom. The molecule has 0 amide bonds. The van der Waals surface area contributed by atoms with Gasteiger partial charge in [0.2, 0.25) is 0 Å². The van der Waals surface area contributed by atoms with E-state index in [2.05, 4.69) is 0 Å². The standard InChI is InChI=1S/C8H11F3O/c9-8(10,11)4-7(12)5-2-1-3-6(5)7/h5-6,12H,1-4H2/t5-,6-/m1/s1. The van der Waals surface area contributed by atoms with Crippen LogP contribution in [0.1, 0.15) is 25.7 Å². The van der Waals surface area contributed by atoms with Gasteiger partial charge in [-0.25, -0.2) is 0 Å². The summed E-state index contributed by atoms with van der Waals surface area (Å²) in [5, 5.41) is 9.52. The SMILES string of the molecule is OC1(CC(F)(F)F)[C@@H]2CCC[C@H]21. The molecular formula is C8H11F3O. The van der Waals surface area contributed by atoms with Crippen LogP contribution in [-0.4, -0.2) is 16.9 Å². The van der Waals surface area contributed by atoms with Gasteiger partial charge in [0.15, 0.2) is 0 Å². The molecule has 0 aromatic heterocycles. The molecule has 2 aliphatic carbocycles. The van der Waals surface area contributed by atoms with E-state index >= 15 is 0 Å². The topological polar surface area (TPSA) is 20.2 Å². The Labute approximate surface area is 68.6 Å². The summed E-state index contributed by atoms with van der Waals surface area (Å²) in [5.41, 5.74) is -1.38. The molecule has 0 bridgehead atoms. The van der Waals surface area contributed by atoms with Crippen LogP contribution < -0.4 is 0 Å². The Kier molecular flexibility index (Phi) is 1.50. The molecule has 0 radical (unpaired) electrons. The highest BCUT2D eigenvalue weighted by Gasteiger charge is 2.68. The summed E-state index contributed by atoms with van der Waals surface area (Å²) in [6.45, 7) is 0. The lowest BCUT2D eigenvalue weighted by molar-refractivity contribution is -0.163. The molecule has 4 heteroatoms. The van der Waals surface area contributed by atoms with Crippen LogP contribution in [0.2, 0.25) is 0 Å². The molecule has 70 valence electrons. The molecule has 2 fully saturated rings. The molecular weight excluding hydrogens is 169 g/mol. The summed E-state index contributed by atoms with van der Waals surface area (Å²) in [5.74, 6) is -0.113. The molecule has 1 N–H and O–H groups in total. The van der Waals surface area contributed by atoms with Gasteiger partial charge in [0, 0.05) is 0 Å². The normalized spacial score (nSPS) is 46.0. The van der Waals surface area contributed by atoms with Crippen LogP contribution in [0.3, 0.4) is 0 Å². The summed E-state index contributed by atoms with van der Waals surface area (Å²) < 4.78 is 35.8. The first-order valence-electron chi connectivity index (χ1n) is 4.22. The lowest BCUT2D eigenvalue weighted by atomic mass is 10.0. The zero-order chi connectivity index (χ0) is 8.98. The van der Waals surface area contributed by atoms with Gasteiger partial charge in [-0.1, -0.05) is 6.42 Å². The quantitative estimate of drug-likeness (QED) is 0.655. The Hall–Kier alpha value is -0.250. The number of hydrogen-bond donors (Lipinski definition) is 1. The predicted octanol–water partition coefficient (Wildman–Crippen LogP) is 2.10. The number of aliphatic hydroxyl groups is 1. The van der Waals surface area contributed by atoms with Crippen molar-refractivity contribution >= 4 is 0 Å². The fourth-order valence-corrected chi connectivity index (χ4v) is 2.63. The second-order valence-corrected chi connectivity index (χ2v) is 3.93. The maximum atomic E-state index is 11.9. The second-order valence-electron chi connectivity index (χ2n) is 3.93. The first kappa shape index (κ1) is 8.35. The summed E-state index contributed by atoms with van der Waals surface area (Å²) in [6, 6.07) is 0. The van der Waals surface area contributed by atoms with Crippen molar-refractivity contribution in [1.82, 2.24) is 0 Å². The van der Waals surface area contributed by atoms with E-state index in [1.165, 1.54) is 0 Å². The van der Waals surface area contributed by atoms with Crippen LogP contribution in [0.5, 0.6) is 0 Å². The van der Waals surface area contributed by atoms with Crippen LogP contribution in [0.15, 0.2) is 0 Å². The highest BCUT2D eigenvalue weighted by Crippen LogP contribution is 2.63. The average Bonchev–Trinajstić information content (AvgIpc) is 2.33. The predicted molar refractivity (Wildman–Crippen MR) is 36.5 cm³/mol. The van der Waals surface area contributed by atoms with Gasteiger partial charge in [-0.2, -0.15) is 13.2 Å². The third-order valence-electron chi connectivity index (χ3n) is 3.17. The first-order valence-corrected chi connectivity index (χ1v) is 4.22. The van der Waals surface area contributed by atoms with Crippen molar-refractivity contribution in [1.29, 1.82) is 0 Å². The number of fused-ring (bicyclic) bond motifs is 1. The van der Waals surface area contributed by atoms with E-state index in [0.717, 1.165) is 19.3 Å². The summed E-state index contributed by atoms with van der Waals surface area (Å²) in [4.78, 5) is 0. The van der Waals surface area contributed by atoms with Crippen LogP contribution in [0, 0.1) is 11.8 Å². The highest BCUT2D eigenvalue weighted by atomic mass is 19.4. The van der Waals surface area contributed by atoms with Crippen molar-refractivity contribution in [3.05, 3.63) is 0 Å². The van der Waals surface area contributed by atoms with Crippen LogP contribution in [0.4, 0.5) is 13.2 Å². The lowest BCUT2D eigenvalue weighted by Gasteiger charge is -2.15. The molecule has 12 heavy (non-hydrogen) atoms. The van der Waals surface area contributed by atoms with E-state index in [1.54, 1.807) is 0 Å². The van der Waals surface area contributed by atoms with E-state index in [1.807, 2.05) is 0 Å². The zero-order valence-corrected chi connectivity index (χ0v) is 6.56. The van der Waals surface area contributed by atoms with Crippen molar-refractivity contribution in [2.75, 3.05) is 0 Å². The van der Waals surface area contributed by atoms with Gasteiger partial charge in [-0.3, -0.25) is 0 Å². The fraction of sp³-hybridized carbons (Fsp3) is 1.00. The highest BCUT2D eigenvalue weighted by molar-refractivity contribution is 5.15. The van der Waals surface area contributed by atoms with Crippen molar-refractivity contribution in [3.63, 3.8) is 0 Å².